The molecule has 1 aliphatic heterocycles. The largest absolute Gasteiger partial charge is 0.302 e. The summed E-state index contributed by atoms with van der Waals surface area (Å²) in [4.78, 5) is 6.96. The Kier molecular flexibility index (Phi) is 4.23. The Morgan fingerprint density at radius 1 is 1.36 bits per heavy atom. The molecule has 1 aliphatic rings. The fourth-order valence-electron chi connectivity index (χ4n) is 3.43. The Morgan fingerprint density at radius 3 is 2.95 bits per heavy atom. The van der Waals surface area contributed by atoms with Gasteiger partial charge in [-0.05, 0) is 44.4 Å². The van der Waals surface area contributed by atoms with Gasteiger partial charge in [0, 0.05) is 25.5 Å². The van der Waals surface area contributed by atoms with Gasteiger partial charge in [-0.1, -0.05) is 6.07 Å². The van der Waals surface area contributed by atoms with E-state index in [9.17, 15) is 8.42 Å². The van der Waals surface area contributed by atoms with Gasteiger partial charge in [0.15, 0.2) is 0 Å². The van der Waals surface area contributed by atoms with Crippen LogP contribution in [0.3, 0.4) is 0 Å². The zero-order chi connectivity index (χ0) is 15.7. The van der Waals surface area contributed by atoms with E-state index in [1.54, 1.807) is 0 Å². The molecule has 6 heteroatoms. The van der Waals surface area contributed by atoms with E-state index in [0.29, 0.717) is 5.75 Å². The van der Waals surface area contributed by atoms with E-state index in [2.05, 4.69) is 14.3 Å². The lowest BCUT2D eigenvalue weighted by atomic mass is 10.00. The fraction of sp³-hybridized carbons (Fsp3) is 0.562. The summed E-state index contributed by atoms with van der Waals surface area (Å²) in [7, 11) is -2.90. The highest BCUT2D eigenvalue weighted by atomic mass is 32.2. The van der Waals surface area contributed by atoms with Gasteiger partial charge in [-0.3, -0.25) is 4.90 Å². The van der Waals surface area contributed by atoms with E-state index in [-0.39, 0.29) is 5.92 Å². The lowest BCUT2D eigenvalue weighted by molar-refractivity contribution is 0.175. The molecule has 0 radical (unpaired) electrons. The van der Waals surface area contributed by atoms with Crippen LogP contribution >= 0.6 is 0 Å². The molecule has 0 N–H and O–H groups in total. The highest BCUT2D eigenvalue weighted by Gasteiger charge is 2.24. The van der Waals surface area contributed by atoms with Gasteiger partial charge in [0.25, 0.3) is 0 Å². The van der Waals surface area contributed by atoms with Crippen molar-refractivity contribution in [2.75, 3.05) is 25.1 Å². The number of imidazole rings is 1. The molecule has 2 aromatic heterocycles. The van der Waals surface area contributed by atoms with Gasteiger partial charge in [0.2, 0.25) is 0 Å². The number of sulfone groups is 1. The van der Waals surface area contributed by atoms with Crippen molar-refractivity contribution >= 4 is 15.5 Å². The fourth-order valence-corrected chi connectivity index (χ4v) is 4.55. The molecule has 2 aromatic rings. The minimum absolute atomic E-state index is 0.253. The van der Waals surface area contributed by atoms with Crippen LogP contribution in [0.2, 0.25) is 0 Å². The number of rotatable bonds is 4. The van der Waals surface area contributed by atoms with E-state index < -0.39 is 9.84 Å². The molecule has 0 aliphatic carbocycles. The van der Waals surface area contributed by atoms with Crippen molar-refractivity contribution in [1.29, 1.82) is 0 Å². The zero-order valence-corrected chi connectivity index (χ0v) is 14.0. The second-order valence-electron chi connectivity index (χ2n) is 6.41. The molecule has 0 amide bonds. The Hall–Kier alpha value is -1.40. The number of likely N-dealkylation sites (tertiary alicyclic amines) is 1. The number of aryl methyl sites for hydroxylation is 1. The van der Waals surface area contributed by atoms with Gasteiger partial charge < -0.3 is 4.40 Å². The monoisotopic (exact) mass is 321 g/mol. The Labute approximate surface area is 131 Å². The van der Waals surface area contributed by atoms with E-state index >= 15 is 0 Å². The molecule has 1 saturated heterocycles. The maximum absolute atomic E-state index is 11.5. The molecule has 0 bridgehead atoms. The van der Waals surface area contributed by atoms with Crippen LogP contribution in [0, 0.1) is 12.8 Å². The highest BCUT2D eigenvalue weighted by Crippen LogP contribution is 2.21. The average Bonchev–Trinajstić information content (AvgIpc) is 2.74. The van der Waals surface area contributed by atoms with Crippen molar-refractivity contribution in [2.45, 2.75) is 26.3 Å². The minimum atomic E-state index is -2.90. The Bertz CT molecular complexity index is 767. The van der Waals surface area contributed by atoms with Gasteiger partial charge in [-0.15, -0.1) is 0 Å². The molecule has 0 saturated carbocycles. The Morgan fingerprint density at radius 2 is 2.18 bits per heavy atom. The van der Waals surface area contributed by atoms with Gasteiger partial charge in [-0.25, -0.2) is 13.4 Å². The van der Waals surface area contributed by atoms with Crippen LogP contribution in [0.25, 0.3) is 5.65 Å². The van der Waals surface area contributed by atoms with Crippen LogP contribution in [-0.2, 0) is 16.4 Å². The first kappa shape index (κ1) is 15.5. The summed E-state index contributed by atoms with van der Waals surface area (Å²) in [6, 6.07) is 6.02. The van der Waals surface area contributed by atoms with E-state index in [0.717, 1.165) is 43.8 Å². The van der Waals surface area contributed by atoms with Crippen LogP contribution in [0.4, 0.5) is 0 Å². The van der Waals surface area contributed by atoms with E-state index in [1.165, 1.54) is 11.9 Å². The molecule has 3 rings (SSSR count). The number of fused-ring (bicyclic) bond motifs is 1. The molecule has 5 nitrogen and oxygen atoms in total. The quantitative estimate of drug-likeness (QED) is 0.863. The summed E-state index contributed by atoms with van der Waals surface area (Å²) in [5.74, 6) is 0.554. The number of piperidine rings is 1. The second kappa shape index (κ2) is 6.01. The van der Waals surface area contributed by atoms with Crippen molar-refractivity contribution in [3.05, 3.63) is 35.8 Å². The third-order valence-electron chi connectivity index (χ3n) is 4.34. The summed E-state index contributed by atoms with van der Waals surface area (Å²) >= 11 is 0. The smallest absolute Gasteiger partial charge is 0.147 e. The summed E-state index contributed by atoms with van der Waals surface area (Å²) in [6.07, 6.45) is 5.45. The standard InChI is InChI=1S/C16H23N3O2S/c1-13-15(19-9-4-3-7-16(19)17-13)11-18-8-5-6-14(10-18)12-22(2,20)21/h3-4,7,9,14H,5-6,8,10-12H2,1-2H3. The molecule has 120 valence electrons. The SMILES string of the molecule is Cc1nc2ccccn2c1CN1CCCC(CS(C)(=O)=O)C1. The van der Waals surface area contributed by atoms with Gasteiger partial charge in [-0.2, -0.15) is 0 Å². The van der Waals surface area contributed by atoms with Crippen LogP contribution < -0.4 is 0 Å². The molecule has 22 heavy (non-hydrogen) atoms. The van der Waals surface area contributed by atoms with Crippen molar-refractivity contribution < 1.29 is 8.42 Å². The first-order valence-electron chi connectivity index (χ1n) is 7.75. The van der Waals surface area contributed by atoms with Crippen LogP contribution in [-0.4, -0.2) is 47.8 Å². The van der Waals surface area contributed by atoms with Crippen LogP contribution in [0.1, 0.15) is 24.2 Å². The van der Waals surface area contributed by atoms with Gasteiger partial charge >= 0.3 is 0 Å². The zero-order valence-electron chi connectivity index (χ0n) is 13.2. The normalized spacial score (nSPS) is 20.5. The van der Waals surface area contributed by atoms with E-state index in [4.69, 9.17) is 0 Å². The van der Waals surface area contributed by atoms with Crippen molar-refractivity contribution in [3.8, 4) is 0 Å². The van der Waals surface area contributed by atoms with E-state index in [1.807, 2.05) is 31.3 Å². The predicted octanol–water partition coefficient (Wildman–Crippen LogP) is 1.90. The number of aromatic nitrogens is 2. The van der Waals surface area contributed by atoms with Crippen molar-refractivity contribution in [1.82, 2.24) is 14.3 Å². The topological polar surface area (TPSA) is 54.7 Å². The first-order chi connectivity index (χ1) is 10.4. The summed E-state index contributed by atoms with van der Waals surface area (Å²) < 4.78 is 25.2. The summed E-state index contributed by atoms with van der Waals surface area (Å²) in [5, 5.41) is 0. The maximum Gasteiger partial charge on any atom is 0.147 e. The molecule has 3 heterocycles. The number of pyridine rings is 1. The summed E-state index contributed by atoms with van der Waals surface area (Å²) in [6.45, 7) is 4.75. The number of nitrogens with zero attached hydrogens (tertiary/aromatic N) is 3. The van der Waals surface area contributed by atoms with Crippen LogP contribution in [0.15, 0.2) is 24.4 Å². The third kappa shape index (κ3) is 3.50. The maximum atomic E-state index is 11.5. The second-order valence-corrected chi connectivity index (χ2v) is 8.59. The van der Waals surface area contributed by atoms with Crippen molar-refractivity contribution in [2.24, 2.45) is 5.92 Å². The van der Waals surface area contributed by atoms with Gasteiger partial charge in [0.1, 0.15) is 15.5 Å². The molecule has 0 aromatic carbocycles. The predicted molar refractivity (Wildman–Crippen MR) is 87.6 cm³/mol. The average molecular weight is 321 g/mol. The highest BCUT2D eigenvalue weighted by molar-refractivity contribution is 7.90. The van der Waals surface area contributed by atoms with Gasteiger partial charge in [0.05, 0.1) is 17.1 Å². The third-order valence-corrected chi connectivity index (χ3v) is 5.42. The summed E-state index contributed by atoms with van der Waals surface area (Å²) in [5.41, 5.74) is 3.23. The lowest BCUT2D eigenvalue weighted by Crippen LogP contribution is -2.37. The van der Waals surface area contributed by atoms with Crippen LogP contribution in [0.5, 0.6) is 0 Å². The molecule has 0 spiro atoms. The molecular formula is C16H23N3O2S. The molecule has 1 atom stereocenters. The first-order valence-corrected chi connectivity index (χ1v) is 9.81. The number of hydrogen-bond acceptors (Lipinski definition) is 4. The van der Waals surface area contributed by atoms with Crippen molar-refractivity contribution in [3.63, 3.8) is 0 Å². The molecule has 1 unspecified atom stereocenters. The molecule has 1 fully saturated rings. The minimum Gasteiger partial charge on any atom is -0.302 e. The molecular weight excluding hydrogens is 298 g/mol. The Balaban J connectivity index is 1.76. The lowest BCUT2D eigenvalue weighted by Gasteiger charge is -2.32. The number of hydrogen-bond donors (Lipinski definition) is 0.